The van der Waals surface area contributed by atoms with Gasteiger partial charge in [0.2, 0.25) is 5.91 Å². The summed E-state index contributed by atoms with van der Waals surface area (Å²) in [5.74, 6) is 0.0782. The molecular formula is C20H27N5O3. The molecule has 28 heavy (non-hydrogen) atoms. The van der Waals surface area contributed by atoms with E-state index in [-0.39, 0.29) is 11.5 Å². The molecule has 0 unspecified atom stereocenters. The second-order valence-corrected chi connectivity index (χ2v) is 7.39. The van der Waals surface area contributed by atoms with Crippen LogP contribution in [0.25, 0.3) is 0 Å². The fourth-order valence-electron chi connectivity index (χ4n) is 3.82. The number of rotatable bonds is 5. The number of ether oxygens (including phenoxy) is 1. The van der Waals surface area contributed by atoms with Crippen molar-refractivity contribution >= 4 is 5.91 Å². The number of aromatic nitrogens is 3. The molecule has 0 bridgehead atoms. The van der Waals surface area contributed by atoms with Gasteiger partial charge in [-0.25, -0.2) is 0 Å². The van der Waals surface area contributed by atoms with Gasteiger partial charge in [-0.05, 0) is 18.6 Å². The third-order valence-electron chi connectivity index (χ3n) is 5.37. The molecule has 2 aliphatic rings. The van der Waals surface area contributed by atoms with Gasteiger partial charge in [-0.3, -0.25) is 19.2 Å². The average molecular weight is 385 g/mol. The van der Waals surface area contributed by atoms with Gasteiger partial charge in [0.1, 0.15) is 0 Å². The molecule has 8 nitrogen and oxygen atoms in total. The number of aryl methyl sites for hydroxylation is 1. The molecule has 8 heteroatoms. The lowest BCUT2D eigenvalue weighted by molar-refractivity contribution is -0.133. The molecule has 0 aromatic carbocycles. The number of fused-ring (bicyclic) bond motifs is 1. The van der Waals surface area contributed by atoms with E-state index in [4.69, 9.17) is 9.84 Å². The predicted octanol–water partition coefficient (Wildman–Crippen LogP) is 0.700. The van der Waals surface area contributed by atoms with Gasteiger partial charge in [-0.1, -0.05) is 6.07 Å². The fourth-order valence-corrected chi connectivity index (χ4v) is 3.82. The number of carbonyl (C=O) groups is 1. The van der Waals surface area contributed by atoms with E-state index in [1.807, 2.05) is 15.6 Å². The molecule has 1 saturated heterocycles. The summed E-state index contributed by atoms with van der Waals surface area (Å²) >= 11 is 0. The van der Waals surface area contributed by atoms with Crippen molar-refractivity contribution in [3.63, 3.8) is 0 Å². The number of hydrogen-bond donors (Lipinski definition) is 0. The fraction of sp³-hybridized carbons (Fsp3) is 0.550. The van der Waals surface area contributed by atoms with E-state index < -0.39 is 0 Å². The Labute approximate surface area is 164 Å². The van der Waals surface area contributed by atoms with Crippen molar-refractivity contribution in [3.05, 3.63) is 52.2 Å². The highest BCUT2D eigenvalue weighted by atomic mass is 16.5. The zero-order valence-electron chi connectivity index (χ0n) is 16.1. The van der Waals surface area contributed by atoms with Crippen molar-refractivity contribution in [2.45, 2.75) is 39.0 Å². The zero-order valence-corrected chi connectivity index (χ0v) is 16.1. The molecule has 2 aliphatic heterocycles. The number of hydrogen-bond acceptors (Lipinski definition) is 5. The second-order valence-electron chi connectivity index (χ2n) is 7.39. The highest BCUT2D eigenvalue weighted by Gasteiger charge is 2.23. The number of carbonyl (C=O) groups excluding carboxylic acids is 1. The molecule has 4 heterocycles. The van der Waals surface area contributed by atoms with Crippen LogP contribution in [0.5, 0.6) is 0 Å². The summed E-state index contributed by atoms with van der Waals surface area (Å²) in [5.41, 5.74) is 2.06. The summed E-state index contributed by atoms with van der Waals surface area (Å²) in [5, 5.41) is 4.73. The predicted molar refractivity (Wildman–Crippen MR) is 104 cm³/mol. The summed E-state index contributed by atoms with van der Waals surface area (Å²) in [7, 11) is 0. The minimum absolute atomic E-state index is 0.0735. The zero-order chi connectivity index (χ0) is 19.3. The molecule has 0 aliphatic carbocycles. The average Bonchev–Trinajstić information content (AvgIpc) is 2.92. The summed E-state index contributed by atoms with van der Waals surface area (Å²) in [6, 6.07) is 7.15. The van der Waals surface area contributed by atoms with Gasteiger partial charge in [0.25, 0.3) is 5.56 Å². The van der Waals surface area contributed by atoms with Crippen LogP contribution in [0.1, 0.15) is 24.2 Å². The molecule has 1 fully saturated rings. The minimum Gasteiger partial charge on any atom is -0.380 e. The smallest absolute Gasteiger partial charge is 0.250 e. The lowest BCUT2D eigenvalue weighted by atomic mass is 10.2. The van der Waals surface area contributed by atoms with Gasteiger partial charge in [0.05, 0.1) is 31.1 Å². The van der Waals surface area contributed by atoms with Crippen molar-refractivity contribution in [1.82, 2.24) is 24.1 Å². The van der Waals surface area contributed by atoms with E-state index in [0.29, 0.717) is 26.1 Å². The van der Waals surface area contributed by atoms with Crippen LogP contribution in [0.4, 0.5) is 0 Å². The van der Waals surface area contributed by atoms with Crippen LogP contribution in [-0.4, -0.2) is 62.9 Å². The van der Waals surface area contributed by atoms with Gasteiger partial charge in [0.15, 0.2) is 0 Å². The Kier molecular flexibility index (Phi) is 5.87. The van der Waals surface area contributed by atoms with E-state index in [0.717, 1.165) is 57.2 Å². The van der Waals surface area contributed by atoms with Crippen molar-refractivity contribution in [1.29, 1.82) is 0 Å². The molecule has 2 aromatic rings. The highest BCUT2D eigenvalue weighted by molar-refractivity contribution is 5.76. The number of nitrogens with zero attached hydrogens (tertiary/aromatic N) is 5. The maximum atomic E-state index is 12.6. The van der Waals surface area contributed by atoms with Crippen molar-refractivity contribution in [2.75, 3.05) is 32.8 Å². The van der Waals surface area contributed by atoms with Crippen LogP contribution in [0.3, 0.4) is 0 Å². The van der Waals surface area contributed by atoms with Crippen LogP contribution < -0.4 is 5.56 Å². The van der Waals surface area contributed by atoms with E-state index in [2.05, 4.69) is 11.0 Å². The first-order valence-corrected chi connectivity index (χ1v) is 9.98. The van der Waals surface area contributed by atoms with E-state index in [1.165, 1.54) is 6.07 Å². The maximum absolute atomic E-state index is 12.6. The quantitative estimate of drug-likeness (QED) is 0.758. The molecular weight excluding hydrogens is 358 g/mol. The second kappa shape index (κ2) is 8.70. The third-order valence-corrected chi connectivity index (χ3v) is 5.37. The summed E-state index contributed by atoms with van der Waals surface area (Å²) in [6.45, 7) is 6.78. The SMILES string of the molecule is O=C(CCn1ccccc1=O)N1CCn2nc(CN3CCCOCC3)cc2C1. The lowest BCUT2D eigenvalue weighted by Gasteiger charge is -2.27. The largest absolute Gasteiger partial charge is 0.380 e. The van der Waals surface area contributed by atoms with Crippen LogP contribution >= 0.6 is 0 Å². The molecule has 0 spiro atoms. The number of amides is 1. The van der Waals surface area contributed by atoms with Crippen molar-refractivity contribution < 1.29 is 9.53 Å². The van der Waals surface area contributed by atoms with Gasteiger partial charge in [-0.2, -0.15) is 5.10 Å². The Balaban J connectivity index is 1.34. The first-order chi connectivity index (χ1) is 13.7. The molecule has 150 valence electrons. The van der Waals surface area contributed by atoms with Gasteiger partial charge < -0.3 is 14.2 Å². The Hall–Kier alpha value is -2.45. The molecule has 4 rings (SSSR count). The molecule has 2 aromatic heterocycles. The Bertz CT molecular complexity index is 867. The van der Waals surface area contributed by atoms with Gasteiger partial charge in [-0.15, -0.1) is 0 Å². The Morgan fingerprint density at radius 3 is 2.96 bits per heavy atom. The van der Waals surface area contributed by atoms with Gasteiger partial charge in [0, 0.05) is 58.0 Å². The summed E-state index contributed by atoms with van der Waals surface area (Å²) in [6.07, 6.45) is 3.11. The van der Waals surface area contributed by atoms with E-state index in [9.17, 15) is 9.59 Å². The lowest BCUT2D eigenvalue weighted by Crippen LogP contribution is -2.39. The normalized spacial score (nSPS) is 17.9. The molecule has 0 radical (unpaired) electrons. The summed E-state index contributed by atoms with van der Waals surface area (Å²) in [4.78, 5) is 28.6. The molecule has 1 amide bonds. The van der Waals surface area contributed by atoms with Crippen molar-refractivity contribution in [3.8, 4) is 0 Å². The topological polar surface area (TPSA) is 72.6 Å². The van der Waals surface area contributed by atoms with Crippen molar-refractivity contribution in [2.24, 2.45) is 0 Å². The monoisotopic (exact) mass is 385 g/mol. The van der Waals surface area contributed by atoms with Crippen LogP contribution in [0.15, 0.2) is 35.3 Å². The summed E-state index contributed by atoms with van der Waals surface area (Å²) < 4.78 is 9.12. The first-order valence-electron chi connectivity index (χ1n) is 9.98. The Morgan fingerprint density at radius 1 is 1.14 bits per heavy atom. The first kappa shape index (κ1) is 18.9. The molecule has 0 atom stereocenters. The standard InChI is InChI=1S/C20H27N5O3/c26-19-4-1-2-7-23(19)8-5-20(27)24-9-10-25-18(16-24)14-17(21-25)15-22-6-3-12-28-13-11-22/h1-2,4,7,14H,3,5-6,8-13,15-16H2. The van der Waals surface area contributed by atoms with Gasteiger partial charge >= 0.3 is 0 Å². The molecule has 0 saturated carbocycles. The van der Waals surface area contributed by atoms with Crippen LogP contribution in [0.2, 0.25) is 0 Å². The van der Waals surface area contributed by atoms with E-state index >= 15 is 0 Å². The van der Waals surface area contributed by atoms with Crippen LogP contribution in [-0.2, 0) is 35.7 Å². The maximum Gasteiger partial charge on any atom is 0.250 e. The van der Waals surface area contributed by atoms with E-state index in [1.54, 1.807) is 16.8 Å². The minimum atomic E-state index is -0.0735. The third kappa shape index (κ3) is 4.51. The Morgan fingerprint density at radius 2 is 2.07 bits per heavy atom. The number of pyridine rings is 1. The highest BCUT2D eigenvalue weighted by Crippen LogP contribution is 2.16. The molecule has 0 N–H and O–H groups in total. The van der Waals surface area contributed by atoms with Crippen LogP contribution in [0, 0.1) is 0 Å².